The summed E-state index contributed by atoms with van der Waals surface area (Å²) in [4.78, 5) is 55.1. The Bertz CT molecular complexity index is 1450. The number of likely N-dealkylation sites (N-methyl/N-ethyl adjacent to an activating group) is 1. The average Bonchev–Trinajstić information content (AvgIpc) is 3.51. The Labute approximate surface area is 227 Å². The predicted molar refractivity (Wildman–Crippen MR) is 139 cm³/mol. The van der Waals surface area contributed by atoms with E-state index in [0.29, 0.717) is 5.69 Å². The minimum Gasteiger partial charge on any atom is -0.354 e. The van der Waals surface area contributed by atoms with Gasteiger partial charge in [0.1, 0.15) is 11.3 Å². The first-order valence-electron chi connectivity index (χ1n) is 12.1. The van der Waals surface area contributed by atoms with Crippen molar-refractivity contribution in [2.45, 2.75) is 19.0 Å². The standard InChI is InChI=1S/C25H25Cl2N7O4/c1-31-9-7-28-21(35)10-15-11-33(25(38)22-18(26)5-2-6-19(22)27)14-20(15)34-13-16(29-30-34)12-32-8-3-4-17(23(31)36)24(32)37/h2-6,8,13,15,20H,7,9-12,14H2,1H3,(H,28,35)/t15-,20+/m0/s1. The molecule has 1 fully saturated rings. The van der Waals surface area contributed by atoms with Crippen LogP contribution in [0, 0.1) is 5.92 Å². The summed E-state index contributed by atoms with van der Waals surface area (Å²) in [5, 5.41) is 11.8. The molecule has 5 rings (SSSR count). The van der Waals surface area contributed by atoms with E-state index in [0.717, 1.165) is 0 Å². The Morgan fingerprint density at radius 1 is 1.08 bits per heavy atom. The molecule has 11 nitrogen and oxygen atoms in total. The molecule has 1 N–H and O–H groups in total. The molecule has 4 heterocycles. The van der Waals surface area contributed by atoms with Crippen LogP contribution in [0.1, 0.15) is 38.9 Å². The SMILES string of the molecule is CN1CCNC(=O)C[C@H]2CN(C(=O)c3c(Cl)cccc3Cl)C[C@H]2n2cc(nn2)Cn2cccc(c2=O)C1=O. The van der Waals surface area contributed by atoms with Gasteiger partial charge in [-0.05, 0) is 24.3 Å². The molecule has 0 unspecified atom stereocenters. The fraction of sp³-hybridized carbons (Fsp3) is 0.360. The zero-order valence-corrected chi connectivity index (χ0v) is 22.0. The monoisotopic (exact) mass is 557 g/mol. The summed E-state index contributed by atoms with van der Waals surface area (Å²) in [5.74, 6) is -1.26. The lowest BCUT2D eigenvalue weighted by molar-refractivity contribution is -0.122. The van der Waals surface area contributed by atoms with Crippen molar-refractivity contribution < 1.29 is 14.4 Å². The first-order valence-corrected chi connectivity index (χ1v) is 12.8. The number of carbonyl (C=O) groups excluding carboxylic acids is 3. The number of halogens is 2. The minimum absolute atomic E-state index is 0.0315. The number of nitrogens with one attached hydrogen (secondary N) is 1. The number of hydrogen-bond acceptors (Lipinski definition) is 6. The quantitative estimate of drug-likeness (QED) is 0.485. The molecule has 1 saturated heterocycles. The van der Waals surface area contributed by atoms with Gasteiger partial charge in [-0.3, -0.25) is 19.2 Å². The van der Waals surface area contributed by atoms with Gasteiger partial charge in [0.2, 0.25) is 5.91 Å². The molecule has 4 bridgehead atoms. The Hall–Kier alpha value is -3.70. The number of likely N-dealkylation sites (tertiary alicyclic amines) is 1. The first kappa shape index (κ1) is 25.9. The smallest absolute Gasteiger partial charge is 0.263 e. The molecule has 3 aromatic rings. The maximum absolute atomic E-state index is 13.4. The second kappa shape index (κ2) is 10.6. The van der Waals surface area contributed by atoms with Crippen LogP contribution in [0.25, 0.3) is 0 Å². The number of pyridine rings is 1. The highest BCUT2D eigenvalue weighted by Crippen LogP contribution is 2.34. The number of benzene rings is 1. The van der Waals surface area contributed by atoms with Crippen molar-refractivity contribution in [3.63, 3.8) is 0 Å². The molecule has 2 aliphatic heterocycles. The van der Waals surface area contributed by atoms with Crippen LogP contribution >= 0.6 is 23.2 Å². The van der Waals surface area contributed by atoms with E-state index in [1.165, 1.54) is 15.5 Å². The van der Waals surface area contributed by atoms with Crippen molar-refractivity contribution in [3.05, 3.63) is 79.9 Å². The number of aromatic nitrogens is 4. The van der Waals surface area contributed by atoms with Gasteiger partial charge in [-0.15, -0.1) is 5.10 Å². The largest absolute Gasteiger partial charge is 0.354 e. The van der Waals surface area contributed by atoms with Crippen molar-refractivity contribution in [1.29, 1.82) is 0 Å². The number of nitrogens with zero attached hydrogens (tertiary/aromatic N) is 6. The number of carbonyl (C=O) groups is 3. The van der Waals surface area contributed by atoms with Gasteiger partial charge in [0.25, 0.3) is 17.4 Å². The predicted octanol–water partition coefficient (Wildman–Crippen LogP) is 1.70. The van der Waals surface area contributed by atoms with Crippen LogP contribution in [0.15, 0.2) is 47.5 Å². The van der Waals surface area contributed by atoms with E-state index in [4.69, 9.17) is 23.2 Å². The number of amides is 3. The van der Waals surface area contributed by atoms with E-state index in [1.807, 2.05) is 0 Å². The highest BCUT2D eigenvalue weighted by atomic mass is 35.5. The minimum atomic E-state index is -0.442. The summed E-state index contributed by atoms with van der Waals surface area (Å²) >= 11 is 12.6. The van der Waals surface area contributed by atoms with Crippen LogP contribution < -0.4 is 10.9 Å². The van der Waals surface area contributed by atoms with Crippen molar-refractivity contribution in [2.75, 3.05) is 33.2 Å². The van der Waals surface area contributed by atoms with E-state index in [-0.39, 0.29) is 84.1 Å². The van der Waals surface area contributed by atoms with Gasteiger partial charge in [0.05, 0.1) is 34.4 Å². The van der Waals surface area contributed by atoms with Gasteiger partial charge in [-0.1, -0.05) is 34.5 Å². The lowest BCUT2D eigenvalue weighted by Crippen LogP contribution is -2.39. The maximum atomic E-state index is 13.4. The van der Waals surface area contributed by atoms with Crippen LogP contribution in [-0.4, -0.2) is 80.3 Å². The Kier molecular flexibility index (Phi) is 7.22. The van der Waals surface area contributed by atoms with Crippen molar-refractivity contribution in [2.24, 2.45) is 5.92 Å². The molecule has 198 valence electrons. The number of fused-ring (bicyclic) bond motifs is 6. The molecule has 2 aliphatic rings. The first-order chi connectivity index (χ1) is 18.2. The van der Waals surface area contributed by atoms with Crippen LogP contribution in [0.2, 0.25) is 10.0 Å². The number of rotatable bonds is 1. The van der Waals surface area contributed by atoms with Gasteiger partial charge >= 0.3 is 0 Å². The van der Waals surface area contributed by atoms with Gasteiger partial charge in [0, 0.05) is 51.8 Å². The summed E-state index contributed by atoms with van der Waals surface area (Å²) in [6, 6.07) is 7.65. The lowest BCUT2D eigenvalue weighted by atomic mass is 9.99. The third kappa shape index (κ3) is 5.03. The molecule has 2 aromatic heterocycles. The molecule has 0 spiro atoms. The second-order valence-corrected chi connectivity index (χ2v) is 10.3. The zero-order chi connectivity index (χ0) is 27.0. The molecular weight excluding hydrogens is 533 g/mol. The summed E-state index contributed by atoms with van der Waals surface area (Å²) in [7, 11) is 1.58. The normalized spacial score (nSPS) is 20.3. The van der Waals surface area contributed by atoms with Crippen molar-refractivity contribution >= 4 is 40.9 Å². The molecule has 0 aliphatic carbocycles. The van der Waals surface area contributed by atoms with Crippen LogP contribution in [0.3, 0.4) is 0 Å². The van der Waals surface area contributed by atoms with Crippen LogP contribution in [-0.2, 0) is 11.3 Å². The molecule has 3 amide bonds. The van der Waals surface area contributed by atoms with Crippen molar-refractivity contribution in [3.8, 4) is 0 Å². The van der Waals surface area contributed by atoms with E-state index in [1.54, 1.807) is 53.3 Å². The molecular formula is C25H25Cl2N7O4. The van der Waals surface area contributed by atoms with Gasteiger partial charge in [-0.2, -0.15) is 0 Å². The fourth-order valence-corrected chi connectivity index (χ4v) is 5.47. The summed E-state index contributed by atoms with van der Waals surface area (Å²) in [6.07, 6.45) is 3.43. The molecule has 13 heteroatoms. The summed E-state index contributed by atoms with van der Waals surface area (Å²) in [5.41, 5.74) is 0.301. The Morgan fingerprint density at radius 2 is 1.84 bits per heavy atom. The van der Waals surface area contributed by atoms with E-state index >= 15 is 0 Å². The fourth-order valence-electron chi connectivity index (χ4n) is 4.91. The number of hydrogen-bond donors (Lipinski definition) is 1. The van der Waals surface area contributed by atoms with E-state index in [9.17, 15) is 19.2 Å². The highest BCUT2D eigenvalue weighted by molar-refractivity contribution is 6.39. The van der Waals surface area contributed by atoms with Crippen LogP contribution in [0.4, 0.5) is 0 Å². The lowest BCUT2D eigenvalue weighted by Gasteiger charge is -2.20. The third-order valence-electron chi connectivity index (χ3n) is 6.91. The Balaban J connectivity index is 1.48. The third-order valence-corrected chi connectivity index (χ3v) is 7.54. The van der Waals surface area contributed by atoms with E-state index in [2.05, 4.69) is 15.6 Å². The molecule has 1 aromatic carbocycles. The zero-order valence-electron chi connectivity index (χ0n) is 20.5. The summed E-state index contributed by atoms with van der Waals surface area (Å²) < 4.78 is 3.04. The van der Waals surface area contributed by atoms with Gasteiger partial charge in [-0.25, -0.2) is 4.68 Å². The van der Waals surface area contributed by atoms with Crippen LogP contribution in [0.5, 0.6) is 0 Å². The average molecular weight is 558 g/mol. The molecule has 0 saturated carbocycles. The van der Waals surface area contributed by atoms with Gasteiger partial charge < -0.3 is 19.7 Å². The maximum Gasteiger partial charge on any atom is 0.263 e. The van der Waals surface area contributed by atoms with Gasteiger partial charge in [0.15, 0.2) is 0 Å². The Morgan fingerprint density at radius 3 is 2.61 bits per heavy atom. The topological polar surface area (TPSA) is 122 Å². The molecule has 38 heavy (non-hydrogen) atoms. The van der Waals surface area contributed by atoms with E-state index < -0.39 is 11.5 Å². The molecule has 2 atom stereocenters. The molecule has 0 radical (unpaired) electrons. The highest BCUT2D eigenvalue weighted by Gasteiger charge is 2.39. The van der Waals surface area contributed by atoms with Crippen molar-refractivity contribution in [1.82, 2.24) is 34.7 Å². The summed E-state index contributed by atoms with van der Waals surface area (Å²) in [6.45, 7) is 1.11. The second-order valence-electron chi connectivity index (χ2n) is 9.46.